The van der Waals surface area contributed by atoms with E-state index in [-0.39, 0.29) is 0 Å². The molecule has 3 unspecified atom stereocenters. The normalized spacial score (nSPS) is 49.5. The highest BCUT2D eigenvalue weighted by molar-refractivity contribution is 5.03. The van der Waals surface area contributed by atoms with Crippen LogP contribution in [0.2, 0.25) is 0 Å². The highest BCUT2D eigenvalue weighted by Crippen LogP contribution is 2.41. The van der Waals surface area contributed by atoms with Crippen LogP contribution in [0.15, 0.2) is 0 Å². The summed E-state index contributed by atoms with van der Waals surface area (Å²) < 4.78 is 5.63. The maximum atomic E-state index is 6.17. The van der Waals surface area contributed by atoms with Gasteiger partial charge in [0, 0.05) is 30.3 Å². The van der Waals surface area contributed by atoms with E-state index >= 15 is 0 Å². The molecule has 0 aliphatic carbocycles. The second-order valence-corrected chi connectivity index (χ2v) is 6.18. The molecule has 3 aliphatic rings. The zero-order valence-corrected chi connectivity index (χ0v) is 10.3. The Kier molecular flexibility index (Phi) is 2.73. The van der Waals surface area contributed by atoms with Gasteiger partial charge in [-0.05, 0) is 39.0 Å². The molecule has 2 bridgehead atoms. The van der Waals surface area contributed by atoms with Gasteiger partial charge in [0.05, 0.1) is 6.61 Å². The van der Waals surface area contributed by atoms with E-state index < -0.39 is 0 Å². The highest BCUT2D eigenvalue weighted by Gasteiger charge is 2.47. The van der Waals surface area contributed by atoms with Gasteiger partial charge in [-0.25, -0.2) is 0 Å². The van der Waals surface area contributed by atoms with Crippen molar-refractivity contribution in [1.82, 2.24) is 4.90 Å². The Hall–Kier alpha value is -0.120. The van der Waals surface area contributed by atoms with Crippen molar-refractivity contribution < 1.29 is 4.74 Å². The van der Waals surface area contributed by atoms with Crippen molar-refractivity contribution >= 4 is 0 Å². The summed E-state index contributed by atoms with van der Waals surface area (Å²) in [7, 11) is 0. The van der Waals surface area contributed by atoms with Gasteiger partial charge in [0.25, 0.3) is 0 Å². The summed E-state index contributed by atoms with van der Waals surface area (Å²) in [6.07, 6.45) is 7.70. The first-order valence-corrected chi connectivity index (χ1v) is 6.81. The number of rotatable bonds is 1. The standard InChI is InChI=1S/C13H24N2O/c1-13(5-6-16-9-13)15-11-3-2-4-12(15)8-10(14)7-11/h10-12H,2-9,14H2,1H3. The Morgan fingerprint density at radius 2 is 1.94 bits per heavy atom. The molecule has 0 aromatic heterocycles. The monoisotopic (exact) mass is 224 g/mol. The SMILES string of the molecule is CC1(N2C3CCCC2CC(N)C3)CCOC1. The Balaban J connectivity index is 1.83. The molecule has 0 saturated carbocycles. The molecule has 3 saturated heterocycles. The molecule has 0 spiro atoms. The van der Waals surface area contributed by atoms with E-state index in [1.165, 1.54) is 38.5 Å². The van der Waals surface area contributed by atoms with Crippen LogP contribution in [0.5, 0.6) is 0 Å². The van der Waals surface area contributed by atoms with Crippen LogP contribution in [0.3, 0.4) is 0 Å². The van der Waals surface area contributed by atoms with Crippen LogP contribution in [-0.2, 0) is 4.74 Å². The number of nitrogens with two attached hydrogens (primary N) is 1. The van der Waals surface area contributed by atoms with Crippen molar-refractivity contribution in [1.29, 1.82) is 0 Å². The average molecular weight is 224 g/mol. The molecule has 3 nitrogen and oxygen atoms in total. The molecule has 0 aromatic rings. The van der Waals surface area contributed by atoms with E-state index in [0.717, 1.165) is 25.3 Å². The molecular weight excluding hydrogens is 200 g/mol. The summed E-state index contributed by atoms with van der Waals surface area (Å²) >= 11 is 0. The fourth-order valence-electron chi connectivity index (χ4n) is 4.16. The Labute approximate surface area is 98.3 Å². The maximum absolute atomic E-state index is 6.17. The zero-order valence-electron chi connectivity index (χ0n) is 10.3. The van der Waals surface area contributed by atoms with E-state index in [1.807, 2.05) is 0 Å². The van der Waals surface area contributed by atoms with Crippen molar-refractivity contribution in [3.63, 3.8) is 0 Å². The van der Waals surface area contributed by atoms with Crippen LogP contribution in [0.4, 0.5) is 0 Å². The van der Waals surface area contributed by atoms with Crippen molar-refractivity contribution in [2.45, 2.75) is 69.1 Å². The largest absolute Gasteiger partial charge is 0.379 e. The van der Waals surface area contributed by atoms with Crippen LogP contribution in [0, 0.1) is 0 Å². The molecule has 2 N–H and O–H groups in total. The molecule has 0 amide bonds. The quantitative estimate of drug-likeness (QED) is 0.734. The first kappa shape index (κ1) is 11.0. The van der Waals surface area contributed by atoms with Crippen molar-refractivity contribution in [2.24, 2.45) is 5.73 Å². The van der Waals surface area contributed by atoms with Gasteiger partial charge >= 0.3 is 0 Å². The van der Waals surface area contributed by atoms with Crippen LogP contribution in [0.25, 0.3) is 0 Å². The van der Waals surface area contributed by atoms with Gasteiger partial charge in [-0.1, -0.05) is 6.42 Å². The lowest BCUT2D eigenvalue weighted by Crippen LogP contribution is -2.63. The first-order chi connectivity index (χ1) is 7.69. The summed E-state index contributed by atoms with van der Waals surface area (Å²) in [5.41, 5.74) is 6.47. The lowest BCUT2D eigenvalue weighted by Gasteiger charge is -2.55. The third kappa shape index (κ3) is 1.69. The van der Waals surface area contributed by atoms with Crippen LogP contribution < -0.4 is 5.73 Å². The van der Waals surface area contributed by atoms with Gasteiger partial charge in [-0.3, -0.25) is 4.90 Å². The third-order valence-electron chi connectivity index (χ3n) is 4.83. The number of hydrogen-bond acceptors (Lipinski definition) is 3. The summed E-state index contributed by atoms with van der Waals surface area (Å²) in [4.78, 5) is 2.78. The summed E-state index contributed by atoms with van der Waals surface area (Å²) in [5, 5.41) is 0. The zero-order chi connectivity index (χ0) is 11.2. The van der Waals surface area contributed by atoms with Crippen molar-refractivity contribution in [3.8, 4) is 0 Å². The van der Waals surface area contributed by atoms with Crippen LogP contribution >= 0.6 is 0 Å². The average Bonchev–Trinajstić information content (AvgIpc) is 2.64. The van der Waals surface area contributed by atoms with Gasteiger partial charge in [-0.15, -0.1) is 0 Å². The summed E-state index contributed by atoms with van der Waals surface area (Å²) in [5.74, 6) is 0. The van der Waals surface area contributed by atoms with Crippen molar-refractivity contribution in [3.05, 3.63) is 0 Å². The summed E-state index contributed by atoms with van der Waals surface area (Å²) in [6.45, 7) is 4.26. The van der Waals surface area contributed by atoms with E-state index in [0.29, 0.717) is 11.6 Å². The lowest BCUT2D eigenvalue weighted by molar-refractivity contribution is -0.0540. The topological polar surface area (TPSA) is 38.5 Å². The Morgan fingerprint density at radius 1 is 1.25 bits per heavy atom. The van der Waals surface area contributed by atoms with E-state index in [9.17, 15) is 0 Å². The smallest absolute Gasteiger partial charge is 0.0648 e. The predicted molar refractivity (Wildman–Crippen MR) is 64.3 cm³/mol. The maximum Gasteiger partial charge on any atom is 0.0648 e. The molecule has 3 fully saturated rings. The molecule has 92 valence electrons. The van der Waals surface area contributed by atoms with Gasteiger partial charge < -0.3 is 10.5 Å². The number of piperidine rings is 2. The summed E-state index contributed by atoms with van der Waals surface area (Å²) in [6, 6.07) is 1.90. The minimum atomic E-state index is 0.301. The molecule has 0 aromatic carbocycles. The van der Waals surface area contributed by atoms with Crippen molar-refractivity contribution in [2.75, 3.05) is 13.2 Å². The van der Waals surface area contributed by atoms with Crippen LogP contribution in [-0.4, -0.2) is 41.8 Å². The molecule has 0 radical (unpaired) electrons. The van der Waals surface area contributed by atoms with Gasteiger partial charge in [0.1, 0.15) is 0 Å². The predicted octanol–water partition coefficient (Wildman–Crippen LogP) is 1.51. The molecule has 3 heteroatoms. The number of hydrogen-bond donors (Lipinski definition) is 1. The lowest BCUT2D eigenvalue weighted by atomic mass is 9.78. The second kappa shape index (κ2) is 3.97. The highest BCUT2D eigenvalue weighted by atomic mass is 16.5. The fraction of sp³-hybridized carbons (Fsp3) is 1.00. The molecule has 3 aliphatic heterocycles. The minimum absolute atomic E-state index is 0.301. The fourth-order valence-corrected chi connectivity index (χ4v) is 4.16. The van der Waals surface area contributed by atoms with E-state index in [1.54, 1.807) is 0 Å². The van der Waals surface area contributed by atoms with E-state index in [4.69, 9.17) is 10.5 Å². The minimum Gasteiger partial charge on any atom is -0.379 e. The molecule has 3 rings (SSSR count). The second-order valence-electron chi connectivity index (χ2n) is 6.18. The molecular formula is C13H24N2O. The van der Waals surface area contributed by atoms with Gasteiger partial charge in [0.2, 0.25) is 0 Å². The van der Waals surface area contributed by atoms with Gasteiger partial charge in [-0.2, -0.15) is 0 Å². The number of ether oxygens (including phenoxy) is 1. The third-order valence-corrected chi connectivity index (χ3v) is 4.83. The van der Waals surface area contributed by atoms with Crippen LogP contribution in [0.1, 0.15) is 45.4 Å². The van der Waals surface area contributed by atoms with E-state index in [2.05, 4.69) is 11.8 Å². The molecule has 16 heavy (non-hydrogen) atoms. The molecule has 3 atom stereocenters. The van der Waals surface area contributed by atoms with Gasteiger partial charge in [0.15, 0.2) is 0 Å². The first-order valence-electron chi connectivity index (χ1n) is 6.81. The Bertz CT molecular complexity index is 249. The number of nitrogens with zero attached hydrogens (tertiary/aromatic N) is 1. The Morgan fingerprint density at radius 3 is 2.50 bits per heavy atom. The molecule has 3 heterocycles. The number of fused-ring (bicyclic) bond motifs is 2.